The van der Waals surface area contributed by atoms with Gasteiger partial charge in [0.25, 0.3) is 0 Å². The van der Waals surface area contributed by atoms with E-state index in [2.05, 4.69) is 0 Å². The highest BCUT2D eigenvalue weighted by Crippen LogP contribution is 2.36. The predicted molar refractivity (Wildman–Crippen MR) is 76.5 cm³/mol. The molecule has 2 atom stereocenters. The van der Waals surface area contributed by atoms with Crippen LogP contribution in [0.2, 0.25) is 0 Å². The summed E-state index contributed by atoms with van der Waals surface area (Å²) in [6.07, 6.45) is 0.926. The zero-order chi connectivity index (χ0) is 14.9. The molecule has 0 fully saturated rings. The fourth-order valence-electron chi connectivity index (χ4n) is 2.51. The molecule has 0 bridgehead atoms. The van der Waals surface area contributed by atoms with Gasteiger partial charge in [-0.2, -0.15) is 0 Å². The summed E-state index contributed by atoms with van der Waals surface area (Å²) < 4.78 is 0. The van der Waals surface area contributed by atoms with E-state index in [-0.39, 0.29) is 12.5 Å². The van der Waals surface area contributed by atoms with Crippen molar-refractivity contribution in [2.75, 3.05) is 11.4 Å². The molecule has 3 N–H and O–H groups in total. The van der Waals surface area contributed by atoms with Crippen molar-refractivity contribution < 1.29 is 14.7 Å². The summed E-state index contributed by atoms with van der Waals surface area (Å²) in [6, 6.07) is 6.49. The average molecular weight is 276 g/mol. The van der Waals surface area contributed by atoms with Crippen molar-refractivity contribution in [2.45, 2.75) is 32.7 Å². The van der Waals surface area contributed by atoms with Crippen LogP contribution >= 0.6 is 0 Å². The normalized spacial score (nSPS) is 20.4. The first-order chi connectivity index (χ1) is 9.44. The second kappa shape index (κ2) is 5.25. The maximum absolute atomic E-state index is 12.8. The lowest BCUT2D eigenvalue weighted by Crippen LogP contribution is -2.51. The second-order valence-corrected chi connectivity index (χ2v) is 5.48. The number of hydrogen-bond acceptors (Lipinski definition) is 3. The SMILES string of the molecule is CCC(C)(CN)C(=O)N1c2ccccc2CC1C(=O)O. The van der Waals surface area contributed by atoms with Gasteiger partial charge in [-0.1, -0.05) is 25.1 Å². The standard InChI is InChI=1S/C15H20N2O3/c1-3-15(2,9-16)14(20)17-11-7-5-4-6-10(11)8-12(17)13(18)19/h4-7,12H,3,8-9,16H2,1-2H3,(H,18,19). The molecule has 0 aliphatic carbocycles. The van der Waals surface area contributed by atoms with Crippen molar-refractivity contribution in [3.63, 3.8) is 0 Å². The van der Waals surface area contributed by atoms with Gasteiger partial charge in [0.1, 0.15) is 6.04 Å². The molecule has 0 saturated heterocycles. The van der Waals surface area contributed by atoms with Gasteiger partial charge >= 0.3 is 5.97 Å². The summed E-state index contributed by atoms with van der Waals surface area (Å²) in [5, 5.41) is 9.39. The third-order valence-corrected chi connectivity index (χ3v) is 4.23. The van der Waals surface area contributed by atoms with E-state index in [4.69, 9.17) is 5.73 Å². The number of fused-ring (bicyclic) bond motifs is 1. The molecule has 5 nitrogen and oxygen atoms in total. The Morgan fingerprint density at radius 2 is 2.10 bits per heavy atom. The molecular weight excluding hydrogens is 256 g/mol. The summed E-state index contributed by atoms with van der Waals surface area (Å²) >= 11 is 0. The van der Waals surface area contributed by atoms with Crippen molar-refractivity contribution in [2.24, 2.45) is 11.1 Å². The number of hydrogen-bond donors (Lipinski definition) is 2. The van der Waals surface area contributed by atoms with Gasteiger partial charge in [0.15, 0.2) is 0 Å². The number of carboxylic acids is 1. The van der Waals surface area contributed by atoms with Gasteiger partial charge in [0, 0.05) is 18.7 Å². The van der Waals surface area contributed by atoms with Crippen LogP contribution in [-0.2, 0) is 16.0 Å². The Balaban J connectivity index is 2.46. The van der Waals surface area contributed by atoms with Gasteiger partial charge in [-0.25, -0.2) is 4.79 Å². The van der Waals surface area contributed by atoms with E-state index in [0.717, 1.165) is 5.56 Å². The predicted octanol–water partition coefficient (Wildman–Crippen LogP) is 1.40. The van der Waals surface area contributed by atoms with E-state index >= 15 is 0 Å². The number of nitrogens with zero attached hydrogens (tertiary/aromatic N) is 1. The summed E-state index contributed by atoms with van der Waals surface area (Å²) in [6.45, 7) is 3.88. The van der Waals surface area contributed by atoms with E-state index in [0.29, 0.717) is 18.5 Å². The number of carboxylic acid groups (broad SMARTS) is 1. The summed E-state index contributed by atoms with van der Waals surface area (Å²) in [4.78, 5) is 25.7. The highest BCUT2D eigenvalue weighted by Gasteiger charge is 2.44. The Hall–Kier alpha value is -1.88. The number of anilines is 1. The minimum atomic E-state index is -0.981. The smallest absolute Gasteiger partial charge is 0.327 e. The van der Waals surface area contributed by atoms with Crippen molar-refractivity contribution in [1.82, 2.24) is 0 Å². The third kappa shape index (κ3) is 2.18. The van der Waals surface area contributed by atoms with Crippen LogP contribution in [0.4, 0.5) is 5.69 Å². The molecule has 2 unspecified atom stereocenters. The zero-order valence-electron chi connectivity index (χ0n) is 11.8. The van der Waals surface area contributed by atoms with Crippen LogP contribution in [0.3, 0.4) is 0 Å². The van der Waals surface area contributed by atoms with Gasteiger partial charge < -0.3 is 10.8 Å². The number of benzene rings is 1. The second-order valence-electron chi connectivity index (χ2n) is 5.48. The summed E-state index contributed by atoms with van der Waals surface area (Å²) in [5.74, 6) is -1.19. The lowest BCUT2D eigenvalue weighted by molar-refractivity contribution is -0.141. The van der Waals surface area contributed by atoms with Crippen molar-refractivity contribution >= 4 is 17.6 Å². The lowest BCUT2D eigenvalue weighted by atomic mass is 9.85. The Labute approximate surface area is 118 Å². The molecule has 0 saturated carbocycles. The molecule has 20 heavy (non-hydrogen) atoms. The van der Waals surface area contributed by atoms with Crippen LogP contribution in [0.25, 0.3) is 0 Å². The molecule has 0 radical (unpaired) electrons. The quantitative estimate of drug-likeness (QED) is 0.870. The highest BCUT2D eigenvalue weighted by molar-refractivity contribution is 6.04. The number of para-hydroxylation sites is 1. The lowest BCUT2D eigenvalue weighted by Gasteiger charge is -2.33. The van der Waals surface area contributed by atoms with Crippen LogP contribution in [0.1, 0.15) is 25.8 Å². The molecule has 1 heterocycles. The number of nitrogens with two attached hydrogens (primary N) is 1. The molecule has 5 heteroatoms. The van der Waals surface area contributed by atoms with Crippen LogP contribution in [0.15, 0.2) is 24.3 Å². The Bertz CT molecular complexity index is 538. The zero-order valence-corrected chi connectivity index (χ0v) is 11.8. The fraction of sp³-hybridized carbons (Fsp3) is 0.467. The first-order valence-electron chi connectivity index (χ1n) is 6.79. The van der Waals surface area contributed by atoms with E-state index in [1.54, 1.807) is 13.0 Å². The molecule has 0 aromatic heterocycles. The van der Waals surface area contributed by atoms with E-state index < -0.39 is 17.4 Å². The van der Waals surface area contributed by atoms with E-state index in [1.165, 1.54) is 4.90 Å². The largest absolute Gasteiger partial charge is 0.480 e. The minimum Gasteiger partial charge on any atom is -0.480 e. The molecule has 2 rings (SSSR count). The molecule has 1 aromatic carbocycles. The fourth-order valence-corrected chi connectivity index (χ4v) is 2.51. The maximum Gasteiger partial charge on any atom is 0.327 e. The number of carbonyl (C=O) groups is 2. The van der Waals surface area contributed by atoms with Gasteiger partial charge in [0.2, 0.25) is 5.91 Å². The van der Waals surface area contributed by atoms with Gasteiger partial charge in [0.05, 0.1) is 5.41 Å². The van der Waals surface area contributed by atoms with Crippen LogP contribution < -0.4 is 10.6 Å². The van der Waals surface area contributed by atoms with Crippen molar-refractivity contribution in [1.29, 1.82) is 0 Å². The Morgan fingerprint density at radius 3 is 2.65 bits per heavy atom. The molecule has 1 aromatic rings. The first kappa shape index (κ1) is 14.5. The number of amides is 1. The molecule has 108 valence electrons. The minimum absolute atomic E-state index is 0.202. The number of aliphatic carboxylic acids is 1. The number of carbonyl (C=O) groups excluding carboxylic acids is 1. The maximum atomic E-state index is 12.8. The van der Waals surface area contributed by atoms with Crippen molar-refractivity contribution in [3.8, 4) is 0 Å². The molecule has 0 spiro atoms. The summed E-state index contributed by atoms with van der Waals surface area (Å²) in [7, 11) is 0. The molecule has 1 aliphatic rings. The highest BCUT2D eigenvalue weighted by atomic mass is 16.4. The van der Waals surface area contributed by atoms with Gasteiger partial charge in [-0.3, -0.25) is 9.69 Å². The van der Waals surface area contributed by atoms with Crippen molar-refractivity contribution in [3.05, 3.63) is 29.8 Å². The topological polar surface area (TPSA) is 83.6 Å². The number of rotatable bonds is 4. The monoisotopic (exact) mass is 276 g/mol. The van der Waals surface area contributed by atoms with Gasteiger partial charge in [-0.15, -0.1) is 0 Å². The van der Waals surface area contributed by atoms with E-state index in [9.17, 15) is 14.7 Å². The Morgan fingerprint density at radius 1 is 1.45 bits per heavy atom. The summed E-state index contributed by atoms with van der Waals surface area (Å²) in [5.41, 5.74) is 6.59. The molecule has 1 amide bonds. The third-order valence-electron chi connectivity index (χ3n) is 4.23. The average Bonchev–Trinajstić information content (AvgIpc) is 2.85. The Kier molecular flexibility index (Phi) is 3.81. The van der Waals surface area contributed by atoms with E-state index in [1.807, 2.05) is 25.1 Å². The molecular formula is C15H20N2O3. The first-order valence-corrected chi connectivity index (χ1v) is 6.79. The van der Waals surface area contributed by atoms with Gasteiger partial charge in [-0.05, 0) is 25.0 Å². The van der Waals surface area contributed by atoms with Crippen LogP contribution in [0, 0.1) is 5.41 Å². The van der Waals surface area contributed by atoms with Crippen LogP contribution in [-0.4, -0.2) is 29.6 Å². The molecule has 1 aliphatic heterocycles. The van der Waals surface area contributed by atoms with Crippen LogP contribution in [0.5, 0.6) is 0 Å².